The Kier molecular flexibility index (Phi) is 10.2. The molecule has 1 atom stereocenters. The molecule has 1 saturated heterocycles. The molecule has 0 spiro atoms. The van der Waals surface area contributed by atoms with Crippen molar-refractivity contribution >= 4 is 23.6 Å². The number of rotatable bonds is 8. The van der Waals surface area contributed by atoms with Gasteiger partial charge in [-0.3, -0.25) is 4.79 Å². The Bertz CT molecular complexity index is 402. The minimum absolute atomic E-state index is 0.0235. The van der Waals surface area contributed by atoms with Crippen molar-refractivity contribution < 1.29 is 9.53 Å². The lowest BCUT2D eigenvalue weighted by Crippen LogP contribution is -2.49. The Hall–Kier alpha value is -0.950. The number of guanidine groups is 1. The number of amides is 1. The summed E-state index contributed by atoms with van der Waals surface area (Å²) < 4.78 is 5.38. The minimum atomic E-state index is 0.0235. The monoisotopic (exact) mass is 358 g/mol. The van der Waals surface area contributed by atoms with Crippen molar-refractivity contribution in [2.45, 2.75) is 32.4 Å². The predicted octanol–water partition coefficient (Wildman–Crippen LogP) is 1.52. The van der Waals surface area contributed by atoms with Gasteiger partial charge in [0.05, 0.1) is 0 Å². The molecule has 0 aromatic carbocycles. The highest BCUT2D eigenvalue weighted by atomic mass is 32.2. The summed E-state index contributed by atoms with van der Waals surface area (Å²) in [5.41, 5.74) is 0. The fraction of sp³-hybridized carbons (Fsp3) is 0.882. The van der Waals surface area contributed by atoms with Crippen molar-refractivity contribution in [2.75, 3.05) is 59.2 Å². The first-order chi connectivity index (χ1) is 11.5. The molecule has 0 aromatic heterocycles. The van der Waals surface area contributed by atoms with Crippen LogP contribution in [-0.2, 0) is 9.53 Å². The van der Waals surface area contributed by atoms with Crippen molar-refractivity contribution in [3.63, 3.8) is 0 Å². The lowest BCUT2D eigenvalue weighted by Gasteiger charge is -2.36. The van der Waals surface area contributed by atoms with Gasteiger partial charge in [-0.05, 0) is 19.3 Å². The van der Waals surface area contributed by atoms with Crippen molar-refractivity contribution in [3.05, 3.63) is 0 Å². The second kappa shape index (κ2) is 11.6. The molecule has 0 aliphatic carbocycles. The van der Waals surface area contributed by atoms with E-state index in [4.69, 9.17) is 4.74 Å². The number of ether oxygens (including phenoxy) is 1. The Morgan fingerprint density at radius 1 is 1.46 bits per heavy atom. The Morgan fingerprint density at radius 2 is 2.21 bits per heavy atom. The van der Waals surface area contributed by atoms with E-state index in [1.807, 2.05) is 18.7 Å². The molecule has 0 bridgehead atoms. The number of aliphatic imine (C=N–C) groups is 1. The Balaban J connectivity index is 2.64. The van der Waals surface area contributed by atoms with Crippen LogP contribution in [0.15, 0.2) is 4.99 Å². The summed E-state index contributed by atoms with van der Waals surface area (Å²) in [5.74, 6) is 2.62. The summed E-state index contributed by atoms with van der Waals surface area (Å²) in [7, 11) is 3.53. The molecule has 1 aliphatic heterocycles. The molecule has 1 heterocycles. The molecule has 7 heteroatoms. The predicted molar refractivity (Wildman–Crippen MR) is 103 cm³/mol. The van der Waals surface area contributed by atoms with Crippen LogP contribution < -0.4 is 5.32 Å². The standard InChI is InChI=1S/C17H34N4O2S/c1-6-23-10-7-8-18-17(19-12-16(22)20(4)5)21-9-11-24-15(13-21)14(2)3/h14-15H,6-13H2,1-5H3,(H,18,19). The maximum Gasteiger partial charge on any atom is 0.243 e. The van der Waals surface area contributed by atoms with Gasteiger partial charge < -0.3 is 19.9 Å². The fourth-order valence-corrected chi connectivity index (χ4v) is 3.64. The van der Waals surface area contributed by atoms with Gasteiger partial charge in [0.15, 0.2) is 5.96 Å². The van der Waals surface area contributed by atoms with Gasteiger partial charge in [0.1, 0.15) is 6.54 Å². The van der Waals surface area contributed by atoms with Gasteiger partial charge in [-0.15, -0.1) is 0 Å². The average Bonchev–Trinajstić information content (AvgIpc) is 2.57. The number of likely N-dealkylation sites (N-methyl/N-ethyl adjacent to an activating group) is 1. The second-order valence-electron chi connectivity index (χ2n) is 6.50. The van der Waals surface area contributed by atoms with Crippen molar-refractivity contribution in [1.29, 1.82) is 0 Å². The highest BCUT2D eigenvalue weighted by molar-refractivity contribution is 8.00. The number of carbonyl (C=O) groups excluding carboxylic acids is 1. The van der Waals surface area contributed by atoms with Gasteiger partial charge in [-0.1, -0.05) is 13.8 Å². The zero-order chi connectivity index (χ0) is 17.9. The van der Waals surface area contributed by atoms with E-state index in [1.54, 1.807) is 19.0 Å². The summed E-state index contributed by atoms with van der Waals surface area (Å²) in [6.07, 6.45) is 0.935. The summed E-state index contributed by atoms with van der Waals surface area (Å²) in [6, 6.07) is 0. The number of hydrogen-bond donors (Lipinski definition) is 1. The number of hydrogen-bond acceptors (Lipinski definition) is 4. The minimum Gasteiger partial charge on any atom is -0.382 e. The molecule has 1 unspecified atom stereocenters. The smallest absolute Gasteiger partial charge is 0.243 e. The summed E-state index contributed by atoms with van der Waals surface area (Å²) in [6.45, 7) is 11.0. The highest BCUT2D eigenvalue weighted by Crippen LogP contribution is 2.24. The molecule has 1 rings (SSSR count). The van der Waals surface area contributed by atoms with Crippen LogP contribution in [0.5, 0.6) is 0 Å². The molecular formula is C17H34N4O2S. The summed E-state index contributed by atoms with van der Waals surface area (Å²) in [5, 5.41) is 4.03. The van der Waals surface area contributed by atoms with E-state index < -0.39 is 0 Å². The van der Waals surface area contributed by atoms with Crippen LogP contribution in [0.4, 0.5) is 0 Å². The number of nitrogens with one attached hydrogen (secondary N) is 1. The SMILES string of the molecule is CCOCCCNC(=NCC(=O)N(C)C)N1CCSC(C(C)C)C1. The second-order valence-corrected chi connectivity index (χ2v) is 7.85. The third-order valence-electron chi connectivity index (χ3n) is 3.95. The first kappa shape index (κ1) is 21.1. The molecule has 0 aromatic rings. The molecule has 1 N–H and O–H groups in total. The topological polar surface area (TPSA) is 57.2 Å². The van der Waals surface area contributed by atoms with E-state index in [-0.39, 0.29) is 12.5 Å². The largest absolute Gasteiger partial charge is 0.382 e. The van der Waals surface area contributed by atoms with Gasteiger partial charge in [-0.2, -0.15) is 11.8 Å². The number of thioether (sulfide) groups is 1. The third-order valence-corrected chi connectivity index (χ3v) is 5.49. The van der Waals surface area contributed by atoms with Gasteiger partial charge in [0, 0.05) is 57.9 Å². The maximum absolute atomic E-state index is 11.9. The highest BCUT2D eigenvalue weighted by Gasteiger charge is 2.25. The molecule has 0 saturated carbocycles. The first-order valence-corrected chi connectivity index (χ1v) is 9.93. The summed E-state index contributed by atoms with van der Waals surface area (Å²) in [4.78, 5) is 20.3. The number of carbonyl (C=O) groups is 1. The van der Waals surface area contributed by atoms with Crippen LogP contribution in [0.25, 0.3) is 0 Å². The zero-order valence-corrected chi connectivity index (χ0v) is 16.7. The maximum atomic E-state index is 11.9. The van der Waals surface area contributed by atoms with E-state index in [0.717, 1.165) is 51.0 Å². The van der Waals surface area contributed by atoms with Gasteiger partial charge in [0.25, 0.3) is 0 Å². The molecule has 1 aliphatic rings. The molecule has 1 amide bonds. The lowest BCUT2D eigenvalue weighted by molar-refractivity contribution is -0.127. The van der Waals surface area contributed by atoms with Crippen LogP contribution in [0.2, 0.25) is 0 Å². The van der Waals surface area contributed by atoms with E-state index >= 15 is 0 Å². The lowest BCUT2D eigenvalue weighted by atomic mass is 10.1. The normalized spacial score (nSPS) is 18.8. The van der Waals surface area contributed by atoms with Crippen molar-refractivity contribution in [2.24, 2.45) is 10.9 Å². The van der Waals surface area contributed by atoms with Gasteiger partial charge in [0.2, 0.25) is 5.91 Å². The molecule has 140 valence electrons. The fourth-order valence-electron chi connectivity index (χ4n) is 2.34. The van der Waals surface area contributed by atoms with E-state index in [1.165, 1.54) is 0 Å². The van der Waals surface area contributed by atoms with Crippen LogP contribution >= 0.6 is 11.8 Å². The molecular weight excluding hydrogens is 324 g/mol. The number of nitrogens with zero attached hydrogens (tertiary/aromatic N) is 3. The van der Waals surface area contributed by atoms with Crippen molar-refractivity contribution in [1.82, 2.24) is 15.1 Å². The van der Waals surface area contributed by atoms with E-state index in [9.17, 15) is 4.79 Å². The average molecular weight is 359 g/mol. The van der Waals surface area contributed by atoms with Crippen LogP contribution in [0.1, 0.15) is 27.2 Å². The third kappa shape index (κ3) is 7.75. The van der Waals surface area contributed by atoms with Gasteiger partial charge in [-0.25, -0.2) is 4.99 Å². The Labute approximate surface area is 151 Å². The first-order valence-electron chi connectivity index (χ1n) is 8.88. The zero-order valence-electron chi connectivity index (χ0n) is 15.9. The quantitative estimate of drug-likeness (QED) is 0.405. The van der Waals surface area contributed by atoms with Crippen molar-refractivity contribution in [3.8, 4) is 0 Å². The molecule has 1 fully saturated rings. The van der Waals surface area contributed by atoms with Gasteiger partial charge >= 0.3 is 0 Å². The van der Waals surface area contributed by atoms with Crippen LogP contribution in [-0.4, -0.2) is 86.2 Å². The van der Waals surface area contributed by atoms with E-state index in [2.05, 4.69) is 29.1 Å². The molecule has 0 radical (unpaired) electrons. The summed E-state index contributed by atoms with van der Waals surface area (Å²) >= 11 is 2.04. The molecule has 24 heavy (non-hydrogen) atoms. The van der Waals surface area contributed by atoms with E-state index in [0.29, 0.717) is 11.2 Å². The molecule has 6 nitrogen and oxygen atoms in total. The van der Waals surface area contributed by atoms with Crippen LogP contribution in [0, 0.1) is 5.92 Å². The Morgan fingerprint density at radius 3 is 2.83 bits per heavy atom. The van der Waals surface area contributed by atoms with Crippen LogP contribution in [0.3, 0.4) is 0 Å².